The van der Waals surface area contributed by atoms with Gasteiger partial charge in [-0.1, -0.05) is 11.6 Å². The van der Waals surface area contributed by atoms with E-state index in [1.807, 2.05) is 31.2 Å². The molecule has 0 radical (unpaired) electrons. The number of aliphatic carboxylic acids is 1. The van der Waals surface area contributed by atoms with Gasteiger partial charge in [0.05, 0.1) is 5.41 Å². The van der Waals surface area contributed by atoms with Crippen LogP contribution in [-0.2, 0) is 4.79 Å². The van der Waals surface area contributed by atoms with E-state index in [-0.39, 0.29) is 0 Å². The first-order chi connectivity index (χ1) is 8.01. The van der Waals surface area contributed by atoms with Crippen molar-refractivity contribution in [2.75, 3.05) is 18.0 Å². The van der Waals surface area contributed by atoms with Crippen molar-refractivity contribution in [1.82, 2.24) is 0 Å². The average molecular weight is 254 g/mol. The fourth-order valence-corrected chi connectivity index (χ4v) is 2.25. The molecule has 1 aliphatic heterocycles. The van der Waals surface area contributed by atoms with Crippen LogP contribution in [0.15, 0.2) is 24.3 Å². The maximum Gasteiger partial charge on any atom is 0.309 e. The number of halogens is 1. The minimum absolute atomic E-state index is 0.567. The molecule has 1 N–H and O–H groups in total. The van der Waals surface area contributed by atoms with Gasteiger partial charge in [0.25, 0.3) is 0 Å². The second-order valence-corrected chi connectivity index (χ2v) is 5.27. The molecule has 0 saturated carbocycles. The summed E-state index contributed by atoms with van der Waals surface area (Å²) in [5, 5.41) is 9.88. The second kappa shape index (κ2) is 4.57. The molecule has 1 saturated heterocycles. The first-order valence-corrected chi connectivity index (χ1v) is 6.13. The zero-order valence-corrected chi connectivity index (χ0v) is 10.6. The molecule has 0 amide bonds. The normalized spacial score (nSPS) is 19.1. The Balaban J connectivity index is 2.04. The van der Waals surface area contributed by atoms with Crippen LogP contribution in [0.4, 0.5) is 5.69 Å². The first-order valence-electron chi connectivity index (χ1n) is 5.75. The van der Waals surface area contributed by atoms with E-state index in [1.165, 1.54) is 0 Å². The van der Waals surface area contributed by atoms with Gasteiger partial charge in [-0.15, -0.1) is 0 Å². The minimum Gasteiger partial charge on any atom is -0.481 e. The third-order valence-corrected chi connectivity index (χ3v) is 3.83. The summed E-state index contributed by atoms with van der Waals surface area (Å²) in [5.41, 5.74) is 0.546. The van der Waals surface area contributed by atoms with Crippen LogP contribution in [0.5, 0.6) is 0 Å². The molecule has 0 aliphatic carbocycles. The van der Waals surface area contributed by atoms with E-state index in [0.717, 1.165) is 23.8 Å². The largest absolute Gasteiger partial charge is 0.481 e. The van der Waals surface area contributed by atoms with Gasteiger partial charge >= 0.3 is 5.97 Å². The Morgan fingerprint density at radius 2 is 1.82 bits per heavy atom. The van der Waals surface area contributed by atoms with Gasteiger partial charge in [0.1, 0.15) is 0 Å². The van der Waals surface area contributed by atoms with Crippen LogP contribution in [-0.4, -0.2) is 24.2 Å². The van der Waals surface area contributed by atoms with Gasteiger partial charge in [-0.25, -0.2) is 0 Å². The number of nitrogens with zero attached hydrogens (tertiary/aromatic N) is 1. The van der Waals surface area contributed by atoms with Gasteiger partial charge in [0.15, 0.2) is 0 Å². The molecule has 1 aliphatic rings. The predicted octanol–water partition coefficient (Wildman–Crippen LogP) is 3.03. The highest BCUT2D eigenvalue weighted by Crippen LogP contribution is 2.33. The second-order valence-electron chi connectivity index (χ2n) is 4.83. The predicted molar refractivity (Wildman–Crippen MR) is 68.6 cm³/mol. The summed E-state index contributed by atoms with van der Waals surface area (Å²) in [7, 11) is 0. The van der Waals surface area contributed by atoms with Crippen molar-refractivity contribution in [3.05, 3.63) is 29.3 Å². The number of rotatable bonds is 2. The number of hydrogen-bond acceptors (Lipinski definition) is 2. The summed E-state index contributed by atoms with van der Waals surface area (Å²) in [6, 6.07) is 7.68. The number of hydrogen-bond donors (Lipinski definition) is 1. The smallest absolute Gasteiger partial charge is 0.309 e. The lowest BCUT2D eigenvalue weighted by Crippen LogP contribution is -2.42. The lowest BCUT2D eigenvalue weighted by molar-refractivity contribution is -0.149. The van der Waals surface area contributed by atoms with Crippen LogP contribution in [0.1, 0.15) is 19.8 Å². The molecule has 1 fully saturated rings. The third-order valence-electron chi connectivity index (χ3n) is 3.58. The number of carbonyl (C=O) groups is 1. The lowest BCUT2D eigenvalue weighted by atomic mass is 9.80. The van der Waals surface area contributed by atoms with E-state index >= 15 is 0 Å². The SMILES string of the molecule is CC1(C(=O)O)CCN(c2ccc(Cl)cc2)CC1. The van der Waals surface area contributed by atoms with Crippen molar-refractivity contribution in [3.63, 3.8) is 0 Å². The summed E-state index contributed by atoms with van der Waals surface area (Å²) in [6.07, 6.45) is 1.37. The maximum atomic E-state index is 11.1. The van der Waals surface area contributed by atoms with E-state index < -0.39 is 11.4 Å². The summed E-state index contributed by atoms with van der Waals surface area (Å²) in [6.45, 7) is 3.39. The van der Waals surface area contributed by atoms with E-state index in [4.69, 9.17) is 16.7 Å². The fraction of sp³-hybridized carbons (Fsp3) is 0.462. The topological polar surface area (TPSA) is 40.5 Å². The van der Waals surface area contributed by atoms with E-state index in [1.54, 1.807) is 0 Å². The highest BCUT2D eigenvalue weighted by Gasteiger charge is 2.36. The number of carboxylic acid groups (broad SMARTS) is 1. The lowest BCUT2D eigenvalue weighted by Gasteiger charge is -2.37. The molecule has 17 heavy (non-hydrogen) atoms. The molecule has 1 heterocycles. The van der Waals surface area contributed by atoms with Crippen LogP contribution in [0.25, 0.3) is 0 Å². The molecule has 2 rings (SSSR count). The molecule has 0 spiro atoms. The van der Waals surface area contributed by atoms with Crippen LogP contribution >= 0.6 is 11.6 Å². The number of piperidine rings is 1. The van der Waals surface area contributed by atoms with Gasteiger partial charge in [-0.2, -0.15) is 0 Å². The van der Waals surface area contributed by atoms with E-state index in [0.29, 0.717) is 12.8 Å². The molecule has 1 aromatic carbocycles. The van der Waals surface area contributed by atoms with Crippen molar-refractivity contribution in [2.45, 2.75) is 19.8 Å². The molecule has 4 heteroatoms. The zero-order chi connectivity index (χ0) is 12.5. The number of carboxylic acids is 1. The highest BCUT2D eigenvalue weighted by atomic mass is 35.5. The van der Waals surface area contributed by atoms with Gasteiger partial charge in [0, 0.05) is 23.8 Å². The Morgan fingerprint density at radius 3 is 2.29 bits per heavy atom. The number of benzene rings is 1. The van der Waals surface area contributed by atoms with Crippen molar-refractivity contribution in [1.29, 1.82) is 0 Å². The van der Waals surface area contributed by atoms with Gasteiger partial charge < -0.3 is 10.0 Å². The Hall–Kier alpha value is -1.22. The van der Waals surface area contributed by atoms with Crippen molar-refractivity contribution in [3.8, 4) is 0 Å². The summed E-state index contributed by atoms with van der Waals surface area (Å²) < 4.78 is 0. The Bertz CT molecular complexity index is 408. The van der Waals surface area contributed by atoms with Gasteiger partial charge in [-0.05, 0) is 44.0 Å². The Labute approximate surface area is 106 Å². The zero-order valence-electron chi connectivity index (χ0n) is 9.82. The van der Waals surface area contributed by atoms with Crippen molar-refractivity contribution in [2.24, 2.45) is 5.41 Å². The molecular weight excluding hydrogens is 238 g/mol. The van der Waals surface area contributed by atoms with E-state index in [2.05, 4.69) is 4.90 Å². The summed E-state index contributed by atoms with van der Waals surface area (Å²) >= 11 is 5.84. The molecule has 92 valence electrons. The molecule has 0 unspecified atom stereocenters. The molecular formula is C13H16ClNO2. The quantitative estimate of drug-likeness (QED) is 0.881. The minimum atomic E-state index is -0.687. The van der Waals surface area contributed by atoms with Crippen molar-refractivity contribution < 1.29 is 9.90 Å². The summed E-state index contributed by atoms with van der Waals surface area (Å²) in [5.74, 6) is -0.687. The molecule has 0 atom stereocenters. The maximum absolute atomic E-state index is 11.1. The third kappa shape index (κ3) is 2.55. The summed E-state index contributed by atoms with van der Waals surface area (Å²) in [4.78, 5) is 13.3. The standard InChI is InChI=1S/C13H16ClNO2/c1-13(12(16)17)6-8-15(9-7-13)11-4-2-10(14)3-5-11/h2-5H,6-9H2,1H3,(H,16,17). The number of anilines is 1. The average Bonchev–Trinajstić information content (AvgIpc) is 2.31. The molecule has 0 bridgehead atoms. The van der Waals surface area contributed by atoms with E-state index in [9.17, 15) is 4.79 Å². The van der Waals surface area contributed by atoms with Crippen LogP contribution in [0.3, 0.4) is 0 Å². The van der Waals surface area contributed by atoms with Crippen LogP contribution in [0.2, 0.25) is 5.02 Å². The Morgan fingerprint density at radius 1 is 1.29 bits per heavy atom. The van der Waals surface area contributed by atoms with Gasteiger partial charge in [-0.3, -0.25) is 4.79 Å². The first kappa shape index (κ1) is 12.2. The molecule has 0 aromatic heterocycles. The van der Waals surface area contributed by atoms with Gasteiger partial charge in [0.2, 0.25) is 0 Å². The fourth-order valence-electron chi connectivity index (χ4n) is 2.12. The Kier molecular flexibility index (Phi) is 3.29. The van der Waals surface area contributed by atoms with Crippen molar-refractivity contribution >= 4 is 23.3 Å². The molecule has 3 nitrogen and oxygen atoms in total. The highest BCUT2D eigenvalue weighted by molar-refractivity contribution is 6.30. The molecule has 1 aromatic rings. The van der Waals surface area contributed by atoms with Crippen LogP contribution < -0.4 is 4.90 Å². The van der Waals surface area contributed by atoms with Crippen LogP contribution in [0, 0.1) is 5.41 Å². The monoisotopic (exact) mass is 253 g/mol.